The standard InChI is InChI=1S/C17H22N4O5S/c1-11-7-13(21-26-11)19-16(24)12(2)27-9-15(23)25-8-14(22)20-17(10-18)5-3-4-6-17/h7,12H,3-6,8-9H2,1-2H3,(H,20,22)(H,19,21,24)/t12-/m0/s1. The van der Waals surface area contributed by atoms with Crippen molar-refractivity contribution < 1.29 is 23.6 Å². The number of rotatable bonds is 8. The summed E-state index contributed by atoms with van der Waals surface area (Å²) in [7, 11) is 0. The molecule has 0 unspecified atom stereocenters. The summed E-state index contributed by atoms with van der Waals surface area (Å²) in [4.78, 5) is 35.7. The van der Waals surface area contributed by atoms with Crippen molar-refractivity contribution >= 4 is 35.4 Å². The van der Waals surface area contributed by atoms with Crippen molar-refractivity contribution in [1.29, 1.82) is 5.26 Å². The van der Waals surface area contributed by atoms with Gasteiger partial charge in [-0.15, -0.1) is 11.8 Å². The number of hydrogen-bond acceptors (Lipinski definition) is 8. The summed E-state index contributed by atoms with van der Waals surface area (Å²) >= 11 is 1.08. The number of anilines is 1. The first-order valence-electron chi connectivity index (χ1n) is 8.57. The van der Waals surface area contributed by atoms with E-state index >= 15 is 0 Å². The van der Waals surface area contributed by atoms with Crippen molar-refractivity contribution in [2.75, 3.05) is 17.7 Å². The van der Waals surface area contributed by atoms with Gasteiger partial charge in [-0.3, -0.25) is 14.4 Å². The van der Waals surface area contributed by atoms with Crippen LogP contribution in [0.2, 0.25) is 0 Å². The Labute approximate surface area is 161 Å². The average molecular weight is 394 g/mol. The number of carbonyl (C=O) groups excluding carboxylic acids is 3. The minimum atomic E-state index is -0.843. The van der Waals surface area contributed by atoms with Crippen LogP contribution in [0, 0.1) is 18.3 Å². The third kappa shape index (κ3) is 6.29. The second-order valence-corrected chi connectivity index (χ2v) is 7.70. The largest absolute Gasteiger partial charge is 0.455 e. The average Bonchev–Trinajstić information content (AvgIpc) is 3.27. The number of nitrogens with one attached hydrogen (secondary N) is 2. The molecule has 2 N–H and O–H groups in total. The van der Waals surface area contributed by atoms with Crippen LogP contribution >= 0.6 is 11.8 Å². The molecule has 1 heterocycles. The molecule has 1 aromatic rings. The van der Waals surface area contributed by atoms with Gasteiger partial charge in [0.1, 0.15) is 11.3 Å². The Morgan fingerprint density at radius 3 is 2.74 bits per heavy atom. The Morgan fingerprint density at radius 1 is 1.44 bits per heavy atom. The highest BCUT2D eigenvalue weighted by atomic mass is 32.2. The first-order valence-corrected chi connectivity index (χ1v) is 9.62. The van der Waals surface area contributed by atoms with Gasteiger partial charge >= 0.3 is 5.97 Å². The van der Waals surface area contributed by atoms with Crippen molar-refractivity contribution in [3.05, 3.63) is 11.8 Å². The van der Waals surface area contributed by atoms with E-state index in [1.807, 2.05) is 0 Å². The Morgan fingerprint density at radius 2 is 2.15 bits per heavy atom. The highest BCUT2D eigenvalue weighted by Gasteiger charge is 2.35. The van der Waals surface area contributed by atoms with Crippen molar-refractivity contribution in [2.45, 2.75) is 50.3 Å². The summed E-state index contributed by atoms with van der Waals surface area (Å²) in [6.07, 6.45) is 2.99. The number of carbonyl (C=O) groups is 3. The summed E-state index contributed by atoms with van der Waals surface area (Å²) in [5.74, 6) is -0.626. The van der Waals surface area contributed by atoms with Crippen LogP contribution in [0.25, 0.3) is 0 Å². The molecule has 146 valence electrons. The highest BCUT2D eigenvalue weighted by molar-refractivity contribution is 8.01. The zero-order chi connectivity index (χ0) is 19.9. The van der Waals surface area contributed by atoms with Gasteiger partial charge < -0.3 is 19.9 Å². The quantitative estimate of drug-likeness (QED) is 0.634. The van der Waals surface area contributed by atoms with E-state index in [9.17, 15) is 19.6 Å². The van der Waals surface area contributed by atoms with Gasteiger partial charge in [0.05, 0.1) is 17.1 Å². The van der Waals surface area contributed by atoms with Crippen LogP contribution in [-0.2, 0) is 19.1 Å². The molecule has 0 aliphatic heterocycles. The summed E-state index contributed by atoms with van der Waals surface area (Å²) in [5, 5.41) is 17.6. The first kappa shape index (κ1) is 20.8. The lowest BCUT2D eigenvalue weighted by atomic mass is 10.00. The number of aromatic nitrogens is 1. The molecule has 1 aliphatic carbocycles. The molecule has 1 fully saturated rings. The van der Waals surface area contributed by atoms with Gasteiger partial charge in [-0.05, 0) is 39.5 Å². The number of nitrogens with zero attached hydrogens (tertiary/aromatic N) is 2. The maximum atomic E-state index is 12.0. The van der Waals surface area contributed by atoms with Crippen LogP contribution in [0.3, 0.4) is 0 Å². The van der Waals surface area contributed by atoms with E-state index in [2.05, 4.69) is 21.9 Å². The van der Waals surface area contributed by atoms with Crippen LogP contribution in [-0.4, -0.2) is 46.1 Å². The topological polar surface area (TPSA) is 134 Å². The summed E-state index contributed by atoms with van der Waals surface area (Å²) in [6, 6.07) is 3.72. The van der Waals surface area contributed by atoms with Crippen molar-refractivity contribution in [2.24, 2.45) is 0 Å². The van der Waals surface area contributed by atoms with Gasteiger partial charge in [-0.1, -0.05) is 5.16 Å². The third-order valence-electron chi connectivity index (χ3n) is 4.11. The molecule has 2 rings (SSSR count). The molecular weight excluding hydrogens is 372 g/mol. The predicted octanol–water partition coefficient (Wildman–Crippen LogP) is 1.54. The fourth-order valence-electron chi connectivity index (χ4n) is 2.66. The van der Waals surface area contributed by atoms with Crippen molar-refractivity contribution in [1.82, 2.24) is 10.5 Å². The SMILES string of the molecule is Cc1cc(NC(=O)[C@H](C)SCC(=O)OCC(=O)NC2(C#N)CCCC2)no1. The van der Waals surface area contributed by atoms with E-state index in [0.29, 0.717) is 24.4 Å². The van der Waals surface area contributed by atoms with Crippen molar-refractivity contribution in [3.63, 3.8) is 0 Å². The third-order valence-corrected chi connectivity index (χ3v) is 5.23. The number of ether oxygens (including phenoxy) is 1. The van der Waals surface area contributed by atoms with Gasteiger partial charge in [0.15, 0.2) is 12.4 Å². The van der Waals surface area contributed by atoms with Gasteiger partial charge in [0.2, 0.25) is 5.91 Å². The predicted molar refractivity (Wildman–Crippen MR) is 97.7 cm³/mol. The Kier molecular flexibility index (Phi) is 7.24. The molecule has 1 aromatic heterocycles. The maximum Gasteiger partial charge on any atom is 0.316 e. The highest BCUT2D eigenvalue weighted by Crippen LogP contribution is 2.28. The molecule has 9 nitrogen and oxygen atoms in total. The fraction of sp³-hybridized carbons (Fsp3) is 0.588. The van der Waals surface area contributed by atoms with E-state index in [-0.39, 0.29) is 11.7 Å². The monoisotopic (exact) mass is 394 g/mol. The number of thioether (sulfide) groups is 1. The second kappa shape index (κ2) is 9.41. The molecule has 0 bridgehead atoms. The van der Waals surface area contributed by atoms with Crippen LogP contribution < -0.4 is 10.6 Å². The lowest BCUT2D eigenvalue weighted by molar-refractivity contribution is -0.146. The molecule has 1 aliphatic rings. The number of aryl methyl sites for hydroxylation is 1. The summed E-state index contributed by atoms with van der Waals surface area (Å²) in [6.45, 7) is 2.91. The van der Waals surface area contributed by atoms with Crippen LogP contribution in [0.1, 0.15) is 38.4 Å². The Hall–Kier alpha value is -2.54. The normalized spacial score (nSPS) is 16.2. The number of amides is 2. The molecule has 1 saturated carbocycles. The molecule has 27 heavy (non-hydrogen) atoms. The molecule has 0 saturated heterocycles. The van der Waals surface area contributed by atoms with E-state index in [0.717, 1.165) is 24.6 Å². The minimum absolute atomic E-state index is 0.0803. The van der Waals surface area contributed by atoms with E-state index in [1.54, 1.807) is 19.9 Å². The lowest BCUT2D eigenvalue weighted by Crippen LogP contribution is -2.46. The first-order chi connectivity index (χ1) is 12.8. The lowest BCUT2D eigenvalue weighted by Gasteiger charge is -2.21. The van der Waals surface area contributed by atoms with Crippen LogP contribution in [0.5, 0.6) is 0 Å². The van der Waals surface area contributed by atoms with Gasteiger partial charge in [0, 0.05) is 6.07 Å². The Balaban J connectivity index is 1.67. The van der Waals surface area contributed by atoms with Gasteiger partial charge in [-0.2, -0.15) is 5.26 Å². The van der Waals surface area contributed by atoms with Gasteiger partial charge in [0.25, 0.3) is 5.91 Å². The van der Waals surface area contributed by atoms with Crippen LogP contribution in [0.15, 0.2) is 10.6 Å². The maximum absolute atomic E-state index is 12.0. The number of nitriles is 1. The molecular formula is C17H22N4O5S. The summed E-state index contributed by atoms with van der Waals surface area (Å²) < 4.78 is 9.77. The zero-order valence-corrected chi connectivity index (χ0v) is 16.1. The number of hydrogen-bond donors (Lipinski definition) is 2. The van der Waals surface area contributed by atoms with Gasteiger partial charge in [-0.25, -0.2) is 0 Å². The zero-order valence-electron chi connectivity index (χ0n) is 15.2. The van der Waals surface area contributed by atoms with E-state index < -0.39 is 29.3 Å². The van der Waals surface area contributed by atoms with E-state index in [1.165, 1.54) is 0 Å². The Bertz CT molecular complexity index is 736. The molecule has 1 atom stereocenters. The second-order valence-electron chi connectivity index (χ2n) is 6.38. The minimum Gasteiger partial charge on any atom is -0.455 e. The summed E-state index contributed by atoms with van der Waals surface area (Å²) in [5.41, 5.74) is -0.843. The number of esters is 1. The fourth-order valence-corrected chi connectivity index (χ4v) is 3.34. The van der Waals surface area contributed by atoms with E-state index in [4.69, 9.17) is 9.26 Å². The molecule has 0 spiro atoms. The van der Waals surface area contributed by atoms with Crippen molar-refractivity contribution in [3.8, 4) is 6.07 Å². The molecule has 2 amide bonds. The smallest absolute Gasteiger partial charge is 0.316 e. The molecule has 0 aromatic carbocycles. The molecule has 0 radical (unpaired) electrons. The van der Waals surface area contributed by atoms with Crippen LogP contribution in [0.4, 0.5) is 5.82 Å². The molecule has 10 heteroatoms.